The van der Waals surface area contributed by atoms with Crippen molar-refractivity contribution in [2.75, 3.05) is 0 Å². The molecule has 0 saturated carbocycles. The maximum absolute atomic E-state index is 12.3. The van der Waals surface area contributed by atoms with Crippen molar-refractivity contribution in [3.8, 4) is 11.5 Å². The molecule has 3 rings (SSSR count). The third kappa shape index (κ3) is 2.76. The third-order valence-corrected chi connectivity index (χ3v) is 8.18. The van der Waals surface area contributed by atoms with Crippen molar-refractivity contribution >= 4 is 44.5 Å². The van der Waals surface area contributed by atoms with E-state index in [2.05, 4.69) is 27.7 Å². The number of phenolic OH excluding ortho intramolecular Hbond substituents is 1. The van der Waals surface area contributed by atoms with Gasteiger partial charge in [-0.25, -0.2) is 0 Å². The fourth-order valence-electron chi connectivity index (χ4n) is 1.92. The van der Waals surface area contributed by atoms with Crippen molar-refractivity contribution in [3.05, 3.63) is 36.4 Å². The van der Waals surface area contributed by atoms with Gasteiger partial charge in [-0.3, -0.25) is 0 Å². The summed E-state index contributed by atoms with van der Waals surface area (Å²) >= 11 is 2.26. The summed E-state index contributed by atoms with van der Waals surface area (Å²) in [5.41, 5.74) is 0. The summed E-state index contributed by atoms with van der Waals surface area (Å²) in [4.78, 5) is 12.3. The van der Waals surface area contributed by atoms with Gasteiger partial charge in [-0.15, -0.1) is 0 Å². The molecule has 6 heteroatoms. The molecule has 1 radical (unpaired) electrons. The first kappa shape index (κ1) is 14.4. The molecule has 1 fully saturated rings. The predicted molar refractivity (Wildman–Crippen MR) is 83.2 cm³/mol. The number of esters is 1. The zero-order valence-electron chi connectivity index (χ0n) is 10.6. The van der Waals surface area contributed by atoms with Crippen molar-refractivity contribution in [1.82, 2.24) is 0 Å². The Morgan fingerprint density at radius 1 is 1.45 bits per heavy atom. The Bertz CT molecular complexity index is 683. The predicted octanol–water partition coefficient (Wildman–Crippen LogP) is -0.308. The molecular weight excluding hydrogens is 481 g/mol. The normalized spacial score (nSPS) is 20.4. The van der Waals surface area contributed by atoms with Crippen LogP contribution in [0, 0.1) is 0 Å². The van der Waals surface area contributed by atoms with Gasteiger partial charge in [-0.1, -0.05) is 0 Å². The Hall–Kier alpha value is -0.505. The van der Waals surface area contributed by atoms with E-state index in [1.807, 2.05) is 19.1 Å². The summed E-state index contributed by atoms with van der Waals surface area (Å²) in [5.74, 6) is 0.559. The number of fused-ring (bicyclic) bond motifs is 1. The van der Waals surface area contributed by atoms with Gasteiger partial charge in [0.2, 0.25) is 0 Å². The van der Waals surface area contributed by atoms with Crippen LogP contribution in [0.25, 0.3) is 10.8 Å². The second-order valence-electron chi connectivity index (χ2n) is 4.78. The minimum atomic E-state index is -0.468. The van der Waals surface area contributed by atoms with Crippen molar-refractivity contribution in [2.24, 2.45) is 0 Å². The molecule has 1 heterocycles. The van der Waals surface area contributed by atoms with Gasteiger partial charge in [0.05, 0.1) is 0 Å². The zero-order valence-corrected chi connectivity index (χ0v) is 15.0. The van der Waals surface area contributed by atoms with Crippen LogP contribution >= 0.6 is 22.6 Å². The minimum absolute atomic E-state index is 0.0685. The van der Waals surface area contributed by atoms with Crippen LogP contribution in [0.1, 0.15) is 6.92 Å². The quantitative estimate of drug-likeness (QED) is 0.211. The van der Waals surface area contributed by atoms with Crippen molar-refractivity contribution in [1.29, 1.82) is 0 Å². The summed E-state index contributed by atoms with van der Waals surface area (Å²) in [7, 11) is 0. The van der Waals surface area contributed by atoms with E-state index < -0.39 is 3.42 Å². The van der Waals surface area contributed by atoms with E-state index in [-0.39, 0.29) is 32.7 Å². The number of alkyl halides is 2. The first-order valence-corrected chi connectivity index (χ1v) is 9.64. The molecular formula is C14H11BI2O3-. The summed E-state index contributed by atoms with van der Waals surface area (Å²) in [6.07, 6.45) is 0. The van der Waals surface area contributed by atoms with Crippen LogP contribution in [-0.2, 0) is 4.79 Å². The molecule has 2 aromatic rings. The molecule has 103 valence electrons. The molecule has 2 unspecified atom stereocenters. The number of phenols is 1. The number of carbonyl (C=O) groups excluding carboxylic acids is 1. The molecule has 0 aliphatic carbocycles. The topological polar surface area (TPSA) is 46.5 Å². The second-order valence-corrected chi connectivity index (χ2v) is 9.80. The van der Waals surface area contributed by atoms with Crippen molar-refractivity contribution in [3.63, 3.8) is 0 Å². The molecule has 1 N–H and O–H groups in total. The van der Waals surface area contributed by atoms with Gasteiger partial charge in [-0.2, -0.15) is 0 Å². The van der Waals surface area contributed by atoms with Crippen molar-refractivity contribution < 1.29 is 35.6 Å². The molecule has 3 nitrogen and oxygen atoms in total. The number of carbonyl (C=O) groups is 1. The molecule has 1 aliphatic heterocycles. The average Bonchev–Trinajstić information content (AvgIpc) is 3.23. The molecule has 2 atom stereocenters. The number of benzene rings is 2. The first-order valence-electron chi connectivity index (χ1n) is 6.07. The van der Waals surface area contributed by atoms with Gasteiger partial charge in [0, 0.05) is 0 Å². The van der Waals surface area contributed by atoms with Gasteiger partial charge >= 0.3 is 142 Å². The van der Waals surface area contributed by atoms with Crippen LogP contribution in [0.2, 0.25) is 0 Å². The average molecular weight is 492 g/mol. The van der Waals surface area contributed by atoms with E-state index in [1.54, 1.807) is 24.3 Å². The fraction of sp³-hybridized carbons (Fsp3) is 0.214. The number of halogens is 2. The molecule has 2 aromatic carbocycles. The van der Waals surface area contributed by atoms with Gasteiger partial charge in [0.25, 0.3) is 0 Å². The summed E-state index contributed by atoms with van der Waals surface area (Å²) in [6, 6.07) is 10.5. The number of rotatable bonds is 3. The van der Waals surface area contributed by atoms with E-state index in [9.17, 15) is 9.90 Å². The standard InChI is InChI=1S/C14H11BI2O3/c1-14(16,12-15-17-12)13(19)20-11-4-2-3-8-7-9(18)5-6-10(8)11/h2-7,12,18H,1H3/q-1. The van der Waals surface area contributed by atoms with E-state index in [4.69, 9.17) is 4.74 Å². The number of aromatic hydroxyl groups is 1. The monoisotopic (exact) mass is 492 g/mol. The van der Waals surface area contributed by atoms with Crippen LogP contribution < -0.4 is 25.7 Å². The van der Waals surface area contributed by atoms with Gasteiger partial charge in [-0.05, 0) is 0 Å². The van der Waals surface area contributed by atoms with E-state index in [0.29, 0.717) is 9.57 Å². The van der Waals surface area contributed by atoms with E-state index >= 15 is 0 Å². The summed E-state index contributed by atoms with van der Waals surface area (Å²) in [5, 5.41) is 13.4. The molecule has 0 bridgehead atoms. The number of hydrogen-bond donors (Lipinski definition) is 1. The Labute approximate surface area is 141 Å². The maximum atomic E-state index is 12.3. The molecule has 0 spiro atoms. The van der Waals surface area contributed by atoms with Gasteiger partial charge in [0.15, 0.2) is 0 Å². The van der Waals surface area contributed by atoms with Crippen LogP contribution in [-0.4, -0.2) is 23.5 Å². The molecule has 0 amide bonds. The van der Waals surface area contributed by atoms with Crippen molar-refractivity contribution in [2.45, 2.75) is 14.2 Å². The van der Waals surface area contributed by atoms with Crippen LogP contribution in [0.3, 0.4) is 0 Å². The fourth-order valence-corrected chi connectivity index (χ4v) is 5.66. The Morgan fingerprint density at radius 2 is 2.20 bits per heavy atom. The first-order chi connectivity index (χ1) is 9.48. The zero-order chi connectivity index (χ0) is 14.3. The third-order valence-electron chi connectivity index (χ3n) is 3.20. The Kier molecular flexibility index (Phi) is 3.87. The van der Waals surface area contributed by atoms with Gasteiger partial charge < -0.3 is 0 Å². The van der Waals surface area contributed by atoms with Gasteiger partial charge in [0.1, 0.15) is 0 Å². The Morgan fingerprint density at radius 3 is 2.90 bits per heavy atom. The molecule has 0 aromatic heterocycles. The second kappa shape index (κ2) is 5.36. The summed E-state index contributed by atoms with van der Waals surface area (Å²) < 4.78 is 5.55. The molecule has 1 aliphatic rings. The molecule has 1 saturated heterocycles. The van der Waals surface area contributed by atoms with E-state index in [1.165, 1.54) is 0 Å². The van der Waals surface area contributed by atoms with Crippen LogP contribution in [0.4, 0.5) is 0 Å². The summed E-state index contributed by atoms with van der Waals surface area (Å²) in [6.45, 7) is 1.93. The van der Waals surface area contributed by atoms with Crippen LogP contribution in [0.5, 0.6) is 11.5 Å². The van der Waals surface area contributed by atoms with E-state index in [0.717, 1.165) is 10.8 Å². The SMILES string of the molecule is CC(I)(C(=O)Oc1cccc2cc(O)ccc12)C1[B][I-]1. The van der Waals surface area contributed by atoms with Crippen LogP contribution in [0.15, 0.2) is 36.4 Å². The number of hydrogen-bond acceptors (Lipinski definition) is 3. The Balaban J connectivity index is 1.93. The number of ether oxygens (including phenoxy) is 1. The molecule has 20 heavy (non-hydrogen) atoms.